The van der Waals surface area contributed by atoms with Crippen molar-refractivity contribution >= 4 is 11.4 Å². The van der Waals surface area contributed by atoms with E-state index in [1.54, 1.807) is 0 Å². The van der Waals surface area contributed by atoms with Crippen LogP contribution in [0.15, 0.2) is 22.4 Å². The number of hydrogen-bond acceptors (Lipinski definition) is 8. The Bertz CT molecular complexity index is 961. The summed E-state index contributed by atoms with van der Waals surface area (Å²) in [6.45, 7) is 0. The van der Waals surface area contributed by atoms with Gasteiger partial charge in [0, 0.05) is 9.82 Å². The van der Waals surface area contributed by atoms with Gasteiger partial charge >= 0.3 is 0 Å². The first kappa shape index (κ1) is 22.2. The lowest BCUT2D eigenvalue weighted by Gasteiger charge is -2.23. The Morgan fingerprint density at radius 3 is 1.13 bits per heavy atom. The molecule has 2 aromatic rings. The average molecular weight is 416 g/mol. The zero-order valence-electron chi connectivity index (χ0n) is 17.3. The van der Waals surface area contributed by atoms with Crippen molar-refractivity contribution in [3.8, 4) is 45.6 Å². The lowest BCUT2D eigenvalue weighted by Crippen LogP contribution is -2.02. The van der Waals surface area contributed by atoms with Crippen LogP contribution in [-0.4, -0.2) is 42.7 Å². The number of methoxy groups -OCH3 is 6. The summed E-state index contributed by atoms with van der Waals surface area (Å²) >= 11 is 0. The van der Waals surface area contributed by atoms with Crippen molar-refractivity contribution in [2.24, 2.45) is 10.2 Å². The highest BCUT2D eigenvalue weighted by atomic mass is 16.5. The maximum Gasteiger partial charge on any atom is 0.172 e. The molecule has 0 spiro atoms. The molecular formula is C18H20N6O6. The normalized spacial score (nSPS) is 9.67. The summed E-state index contributed by atoms with van der Waals surface area (Å²) in [5, 5.41) is 7.37. The first-order valence-electron chi connectivity index (χ1n) is 8.33. The Morgan fingerprint density at radius 1 is 0.567 bits per heavy atom. The van der Waals surface area contributed by atoms with Gasteiger partial charge in [-0.15, -0.1) is 0 Å². The summed E-state index contributed by atoms with van der Waals surface area (Å²) in [7, 11) is 8.52. The number of rotatable bonds is 9. The molecule has 0 fully saturated rings. The summed E-state index contributed by atoms with van der Waals surface area (Å²) in [6.07, 6.45) is 0. The molecule has 0 aliphatic carbocycles. The Morgan fingerprint density at radius 2 is 0.900 bits per heavy atom. The molecule has 0 amide bonds. The van der Waals surface area contributed by atoms with E-state index in [-0.39, 0.29) is 57.0 Å². The molecule has 0 heterocycles. The fourth-order valence-electron chi connectivity index (χ4n) is 3.04. The van der Waals surface area contributed by atoms with Crippen LogP contribution in [0.2, 0.25) is 0 Å². The highest BCUT2D eigenvalue weighted by molar-refractivity contribution is 5.95. The van der Waals surface area contributed by atoms with Crippen LogP contribution in [0.25, 0.3) is 32.0 Å². The van der Waals surface area contributed by atoms with E-state index in [2.05, 4.69) is 20.1 Å². The lowest BCUT2D eigenvalue weighted by atomic mass is 9.97. The van der Waals surface area contributed by atoms with Crippen LogP contribution < -0.4 is 28.4 Å². The van der Waals surface area contributed by atoms with Gasteiger partial charge in [-0.2, -0.15) is 0 Å². The predicted molar refractivity (Wildman–Crippen MR) is 109 cm³/mol. The molecular weight excluding hydrogens is 396 g/mol. The van der Waals surface area contributed by atoms with Crippen LogP contribution in [0.1, 0.15) is 0 Å². The zero-order chi connectivity index (χ0) is 22.3. The third-order valence-corrected chi connectivity index (χ3v) is 4.17. The number of nitrogens with zero attached hydrogens (tertiary/aromatic N) is 6. The molecule has 0 aromatic heterocycles. The second kappa shape index (κ2) is 9.87. The van der Waals surface area contributed by atoms with E-state index >= 15 is 0 Å². The Hall–Kier alpha value is -4.14. The highest BCUT2D eigenvalue weighted by Crippen LogP contribution is 2.58. The molecule has 12 nitrogen and oxygen atoms in total. The van der Waals surface area contributed by atoms with Crippen molar-refractivity contribution in [3.63, 3.8) is 0 Å². The van der Waals surface area contributed by atoms with E-state index in [1.165, 1.54) is 54.8 Å². The third-order valence-electron chi connectivity index (χ3n) is 4.17. The van der Waals surface area contributed by atoms with Gasteiger partial charge < -0.3 is 28.4 Å². The summed E-state index contributed by atoms with van der Waals surface area (Å²) < 4.78 is 33.0. The van der Waals surface area contributed by atoms with E-state index in [9.17, 15) is 0 Å². The van der Waals surface area contributed by atoms with Crippen LogP contribution in [0, 0.1) is 0 Å². The maximum absolute atomic E-state index is 9.00. The van der Waals surface area contributed by atoms with Gasteiger partial charge in [0.1, 0.15) is 11.5 Å². The van der Waals surface area contributed by atoms with E-state index in [1.807, 2.05) is 0 Å². The van der Waals surface area contributed by atoms with Gasteiger partial charge in [-0.1, -0.05) is 10.2 Å². The largest absolute Gasteiger partial charge is 0.495 e. The van der Waals surface area contributed by atoms with Crippen LogP contribution in [-0.2, 0) is 0 Å². The standard InChI is InChI=1S/C18H20N6O6/c1-25-11-7-9(21-23-19)15(27-3)13(17(11)29-5)14-16(28-4)10(22-24-20)8-12(26-2)18(14)30-6/h7-8H,1-6H3. The maximum atomic E-state index is 9.00. The number of azide groups is 2. The molecule has 0 bridgehead atoms. The predicted octanol–water partition coefficient (Wildman–Crippen LogP) is 5.29. The summed E-state index contributed by atoms with van der Waals surface area (Å²) in [6, 6.07) is 2.93. The van der Waals surface area contributed by atoms with Crippen molar-refractivity contribution in [2.75, 3.05) is 42.7 Å². The summed E-state index contributed by atoms with van der Waals surface area (Å²) in [5.74, 6) is 1.30. The molecule has 0 aliphatic rings. The number of hydrogen-bond donors (Lipinski definition) is 0. The smallest absolute Gasteiger partial charge is 0.172 e. The SMILES string of the molecule is COc1cc(N=[N+]=[N-])c(OC)c(-c2c(OC)c(N=[N+]=[N-])cc(OC)c2OC)c1OC. The molecule has 0 saturated carbocycles. The average Bonchev–Trinajstić information content (AvgIpc) is 2.77. The summed E-state index contributed by atoms with van der Waals surface area (Å²) in [4.78, 5) is 5.68. The number of benzene rings is 2. The van der Waals surface area contributed by atoms with Crippen molar-refractivity contribution in [3.05, 3.63) is 33.0 Å². The van der Waals surface area contributed by atoms with Gasteiger partial charge in [0.2, 0.25) is 0 Å². The quantitative estimate of drug-likeness (QED) is 0.307. The first-order valence-corrected chi connectivity index (χ1v) is 8.33. The highest BCUT2D eigenvalue weighted by Gasteiger charge is 2.30. The Labute approximate surface area is 172 Å². The van der Waals surface area contributed by atoms with Crippen molar-refractivity contribution in [1.29, 1.82) is 0 Å². The Balaban J connectivity index is 3.23. The van der Waals surface area contributed by atoms with Gasteiger partial charge in [-0.25, -0.2) is 0 Å². The molecule has 0 radical (unpaired) electrons. The minimum absolute atomic E-state index is 0.130. The fraction of sp³-hybridized carbons (Fsp3) is 0.333. The van der Waals surface area contributed by atoms with Gasteiger partial charge in [-0.3, -0.25) is 0 Å². The van der Waals surface area contributed by atoms with Gasteiger partial charge in [0.05, 0.1) is 65.2 Å². The molecule has 0 unspecified atom stereocenters. The Kier molecular flexibility index (Phi) is 7.29. The molecule has 0 aliphatic heterocycles. The van der Waals surface area contributed by atoms with Gasteiger partial charge in [-0.05, 0) is 23.2 Å². The molecule has 158 valence electrons. The second-order valence-corrected chi connectivity index (χ2v) is 5.46. The van der Waals surface area contributed by atoms with Gasteiger partial charge in [0.25, 0.3) is 0 Å². The molecule has 0 saturated heterocycles. The molecule has 0 N–H and O–H groups in total. The molecule has 12 heteroatoms. The van der Waals surface area contributed by atoms with E-state index < -0.39 is 0 Å². The van der Waals surface area contributed by atoms with E-state index in [4.69, 9.17) is 39.5 Å². The van der Waals surface area contributed by atoms with Crippen LogP contribution in [0.4, 0.5) is 11.4 Å². The minimum Gasteiger partial charge on any atom is -0.495 e. The minimum atomic E-state index is 0.130. The van der Waals surface area contributed by atoms with E-state index in [0.29, 0.717) is 0 Å². The molecule has 30 heavy (non-hydrogen) atoms. The van der Waals surface area contributed by atoms with Crippen LogP contribution in [0.3, 0.4) is 0 Å². The van der Waals surface area contributed by atoms with Crippen molar-refractivity contribution in [1.82, 2.24) is 0 Å². The topological polar surface area (TPSA) is 153 Å². The molecule has 0 atom stereocenters. The molecule has 2 rings (SSSR count). The van der Waals surface area contributed by atoms with E-state index in [0.717, 1.165) is 0 Å². The zero-order valence-corrected chi connectivity index (χ0v) is 17.3. The lowest BCUT2D eigenvalue weighted by molar-refractivity contribution is 0.344. The number of ether oxygens (including phenoxy) is 6. The summed E-state index contributed by atoms with van der Waals surface area (Å²) in [5.41, 5.74) is 18.8. The van der Waals surface area contributed by atoms with Gasteiger partial charge in [0.15, 0.2) is 23.0 Å². The first-order chi connectivity index (χ1) is 14.6. The van der Waals surface area contributed by atoms with Crippen molar-refractivity contribution < 1.29 is 28.4 Å². The second-order valence-electron chi connectivity index (χ2n) is 5.46. The third kappa shape index (κ3) is 3.72. The molecule has 2 aromatic carbocycles. The van der Waals surface area contributed by atoms with Crippen LogP contribution >= 0.6 is 0 Å². The van der Waals surface area contributed by atoms with Crippen molar-refractivity contribution in [2.45, 2.75) is 0 Å². The monoisotopic (exact) mass is 416 g/mol. The fourth-order valence-corrected chi connectivity index (χ4v) is 3.04. The van der Waals surface area contributed by atoms with Crippen LogP contribution in [0.5, 0.6) is 34.5 Å².